The van der Waals surface area contributed by atoms with Gasteiger partial charge in [-0.3, -0.25) is 9.59 Å². The Kier molecular flexibility index (Phi) is 3.08. The lowest BCUT2D eigenvalue weighted by molar-refractivity contribution is -0.120. The van der Waals surface area contributed by atoms with Crippen molar-refractivity contribution < 1.29 is 14.0 Å². The molecule has 0 bridgehead atoms. The second kappa shape index (κ2) is 4.94. The fourth-order valence-electron chi connectivity index (χ4n) is 2.40. The summed E-state index contributed by atoms with van der Waals surface area (Å²) in [6.07, 6.45) is 1.40. The smallest absolute Gasteiger partial charge is 0.250 e. The Hall–Kier alpha value is -3.25. The van der Waals surface area contributed by atoms with Crippen molar-refractivity contribution in [2.75, 3.05) is 5.32 Å². The molecule has 1 aliphatic heterocycles. The first kappa shape index (κ1) is 13.7. The molecule has 2 aromatic rings. The number of pyridine rings is 1. The molecule has 1 unspecified atom stereocenters. The minimum atomic E-state index is -2.32. The van der Waals surface area contributed by atoms with Crippen molar-refractivity contribution in [3.63, 3.8) is 0 Å². The van der Waals surface area contributed by atoms with Gasteiger partial charge in [-0.25, -0.2) is 9.37 Å². The summed E-state index contributed by atoms with van der Waals surface area (Å²) in [5, 5.41) is 5.75. The van der Waals surface area contributed by atoms with Crippen molar-refractivity contribution in [1.29, 1.82) is 0 Å². The normalized spacial score (nSPS) is 19.9. The lowest BCUT2D eigenvalue weighted by Gasteiger charge is -2.31. The highest BCUT2D eigenvalue weighted by molar-refractivity contribution is 6.27. The first-order chi connectivity index (χ1) is 10.6. The highest BCUT2D eigenvalue weighted by Gasteiger charge is 2.52. The molecule has 7 nitrogen and oxygen atoms in total. The van der Waals surface area contributed by atoms with Crippen LogP contribution in [-0.4, -0.2) is 16.7 Å². The van der Waals surface area contributed by atoms with Crippen LogP contribution in [0, 0.1) is 5.82 Å². The molecule has 108 valence electrons. The third-order valence-corrected chi connectivity index (χ3v) is 3.40. The molecule has 0 saturated carbocycles. The number of amides is 1. The van der Waals surface area contributed by atoms with Gasteiger partial charge in [0.1, 0.15) is 11.6 Å². The minimum Gasteiger partial charge on any atom is -0.309 e. The van der Waals surface area contributed by atoms with Crippen LogP contribution in [0.2, 0.25) is 0 Å². The number of anilines is 1. The maximum atomic E-state index is 14.1. The Bertz CT molecular complexity index is 847. The molecule has 0 saturated heterocycles. The maximum absolute atomic E-state index is 14.1. The number of hydrogen-bond donors (Lipinski definition) is 1. The lowest BCUT2D eigenvalue weighted by atomic mass is 9.80. The van der Waals surface area contributed by atoms with Crippen molar-refractivity contribution in [2.24, 2.45) is 5.11 Å². The van der Waals surface area contributed by atoms with Gasteiger partial charge in [-0.2, -0.15) is 0 Å². The Balaban J connectivity index is 2.33. The average molecular weight is 297 g/mol. The number of azide groups is 1. The van der Waals surface area contributed by atoms with E-state index in [9.17, 15) is 14.0 Å². The number of nitrogens with zero attached hydrogens (tertiary/aromatic N) is 4. The Morgan fingerprint density at radius 1 is 1.23 bits per heavy atom. The topological polar surface area (TPSA) is 108 Å². The summed E-state index contributed by atoms with van der Waals surface area (Å²) in [5.74, 6) is -2.52. The average Bonchev–Trinajstić information content (AvgIpc) is 2.52. The van der Waals surface area contributed by atoms with Crippen LogP contribution in [0.1, 0.15) is 15.9 Å². The Morgan fingerprint density at radius 3 is 2.73 bits per heavy atom. The molecule has 1 aromatic heterocycles. The SMILES string of the molecule is [N-]=[N+]=NC1(c2ccccc2F)C(=O)Nc2ncccc2C1=O. The highest BCUT2D eigenvalue weighted by Crippen LogP contribution is 2.38. The predicted molar refractivity (Wildman–Crippen MR) is 74.4 cm³/mol. The van der Waals surface area contributed by atoms with Crippen molar-refractivity contribution >= 4 is 17.5 Å². The maximum Gasteiger partial charge on any atom is 0.250 e. The third-order valence-electron chi connectivity index (χ3n) is 3.40. The number of rotatable bonds is 2. The van der Waals surface area contributed by atoms with E-state index >= 15 is 0 Å². The largest absolute Gasteiger partial charge is 0.309 e. The molecule has 0 fully saturated rings. The molecule has 1 aliphatic rings. The van der Waals surface area contributed by atoms with E-state index < -0.39 is 23.0 Å². The van der Waals surface area contributed by atoms with Gasteiger partial charge in [0.2, 0.25) is 11.4 Å². The summed E-state index contributed by atoms with van der Waals surface area (Å²) in [4.78, 5) is 31.6. The van der Waals surface area contributed by atoms with Gasteiger partial charge in [0.05, 0.1) is 5.56 Å². The number of halogens is 1. The molecule has 8 heteroatoms. The van der Waals surface area contributed by atoms with E-state index in [0.29, 0.717) is 0 Å². The summed E-state index contributed by atoms with van der Waals surface area (Å²) in [6, 6.07) is 8.10. The molecule has 0 spiro atoms. The molecule has 1 amide bonds. The van der Waals surface area contributed by atoms with E-state index in [4.69, 9.17) is 5.53 Å². The number of Topliss-reactive ketones (excluding diaryl/α,β-unsaturated/α-hetero) is 1. The first-order valence-corrected chi connectivity index (χ1v) is 6.24. The van der Waals surface area contributed by atoms with E-state index in [1.165, 1.54) is 36.5 Å². The number of hydrogen-bond acceptors (Lipinski definition) is 4. The van der Waals surface area contributed by atoms with Crippen LogP contribution in [0.25, 0.3) is 10.4 Å². The second-order valence-electron chi connectivity index (χ2n) is 4.56. The van der Waals surface area contributed by atoms with Gasteiger partial charge in [0.25, 0.3) is 0 Å². The fraction of sp³-hybridized carbons (Fsp3) is 0.0714. The minimum absolute atomic E-state index is 0.0533. The van der Waals surface area contributed by atoms with Crippen LogP contribution in [0.3, 0.4) is 0 Å². The summed E-state index contributed by atoms with van der Waals surface area (Å²) in [6.45, 7) is 0. The summed E-state index contributed by atoms with van der Waals surface area (Å²) < 4.78 is 14.1. The summed E-state index contributed by atoms with van der Waals surface area (Å²) >= 11 is 0. The molecule has 2 heterocycles. The van der Waals surface area contributed by atoms with Crippen LogP contribution in [-0.2, 0) is 10.3 Å². The Morgan fingerprint density at radius 2 is 2.00 bits per heavy atom. The molecule has 1 aromatic carbocycles. The van der Waals surface area contributed by atoms with Gasteiger partial charge in [0, 0.05) is 16.7 Å². The monoisotopic (exact) mass is 297 g/mol. The van der Waals surface area contributed by atoms with E-state index in [2.05, 4.69) is 20.3 Å². The van der Waals surface area contributed by atoms with Gasteiger partial charge in [0.15, 0.2) is 5.78 Å². The molecular weight excluding hydrogens is 289 g/mol. The zero-order chi connectivity index (χ0) is 15.7. The molecular formula is C14H8FN5O2. The molecule has 0 radical (unpaired) electrons. The fourth-order valence-corrected chi connectivity index (χ4v) is 2.40. The second-order valence-corrected chi connectivity index (χ2v) is 4.56. The van der Waals surface area contributed by atoms with Crippen LogP contribution in [0.4, 0.5) is 10.2 Å². The Labute approximate surface area is 123 Å². The van der Waals surface area contributed by atoms with Crippen molar-refractivity contribution in [1.82, 2.24) is 4.98 Å². The third kappa shape index (κ3) is 1.75. The molecule has 0 aliphatic carbocycles. The van der Waals surface area contributed by atoms with Gasteiger partial charge < -0.3 is 5.32 Å². The predicted octanol–water partition coefficient (Wildman–Crippen LogP) is 2.56. The standard InChI is InChI=1S/C14H8FN5O2/c15-10-6-2-1-5-9(10)14(19-20-16)11(21)8-4-3-7-17-12(8)18-13(14)22/h1-7H,(H,17,18,22). The van der Waals surface area contributed by atoms with E-state index in [-0.39, 0.29) is 16.9 Å². The molecule has 22 heavy (non-hydrogen) atoms. The van der Waals surface area contributed by atoms with E-state index in [1.807, 2.05) is 0 Å². The molecule has 1 atom stereocenters. The number of aromatic nitrogens is 1. The van der Waals surface area contributed by atoms with Crippen LogP contribution < -0.4 is 5.32 Å². The van der Waals surface area contributed by atoms with Gasteiger partial charge in [-0.05, 0) is 23.7 Å². The van der Waals surface area contributed by atoms with Crippen molar-refractivity contribution in [3.8, 4) is 0 Å². The number of benzene rings is 1. The molecule has 1 N–H and O–H groups in total. The zero-order valence-electron chi connectivity index (χ0n) is 11.0. The summed E-state index contributed by atoms with van der Waals surface area (Å²) in [7, 11) is 0. The van der Waals surface area contributed by atoms with Crippen LogP contribution in [0.15, 0.2) is 47.7 Å². The summed E-state index contributed by atoms with van der Waals surface area (Å²) in [5.41, 5.74) is 6.24. The highest BCUT2D eigenvalue weighted by atomic mass is 19.1. The van der Waals surface area contributed by atoms with Crippen molar-refractivity contribution in [2.45, 2.75) is 5.54 Å². The number of carbonyl (C=O) groups excluding carboxylic acids is 2. The number of ketones is 1. The first-order valence-electron chi connectivity index (χ1n) is 6.24. The number of fused-ring (bicyclic) bond motifs is 1. The van der Waals surface area contributed by atoms with Gasteiger partial charge in [-0.1, -0.05) is 23.3 Å². The van der Waals surface area contributed by atoms with Crippen molar-refractivity contribution in [3.05, 3.63) is 70.0 Å². The zero-order valence-corrected chi connectivity index (χ0v) is 11.0. The van der Waals surface area contributed by atoms with Crippen LogP contribution in [0.5, 0.6) is 0 Å². The van der Waals surface area contributed by atoms with Crippen LogP contribution >= 0.6 is 0 Å². The number of carbonyl (C=O) groups is 2. The van der Waals surface area contributed by atoms with Gasteiger partial charge in [-0.15, -0.1) is 0 Å². The quantitative estimate of drug-likeness (QED) is 0.398. The number of nitrogens with one attached hydrogen (secondary N) is 1. The van der Waals surface area contributed by atoms with E-state index in [1.54, 1.807) is 0 Å². The van der Waals surface area contributed by atoms with E-state index in [0.717, 1.165) is 6.07 Å². The van der Waals surface area contributed by atoms with Gasteiger partial charge >= 0.3 is 0 Å². The molecule has 3 rings (SSSR count). The lowest BCUT2D eigenvalue weighted by Crippen LogP contribution is -2.49.